The van der Waals surface area contributed by atoms with Crippen LogP contribution in [0.15, 0.2) is 12.2 Å². The maximum Gasteiger partial charge on any atom is 0.220 e. The van der Waals surface area contributed by atoms with Gasteiger partial charge >= 0.3 is 0 Å². The number of amides is 1. The third-order valence-electron chi connectivity index (χ3n) is 12.1. The first-order chi connectivity index (χ1) is 30.3. The number of hydrogen-bond acceptors (Lipinski definition) is 18. The molecule has 0 bridgehead atoms. The summed E-state index contributed by atoms with van der Waals surface area (Å²) in [4.78, 5) is 13.1. The molecule has 3 aliphatic heterocycles. The van der Waals surface area contributed by atoms with Crippen LogP contribution in [0.5, 0.6) is 0 Å². The van der Waals surface area contributed by atoms with Crippen LogP contribution in [-0.4, -0.2) is 193 Å². The van der Waals surface area contributed by atoms with Gasteiger partial charge in [0.1, 0.15) is 73.2 Å². The van der Waals surface area contributed by atoms with E-state index in [2.05, 4.69) is 19.2 Å². The van der Waals surface area contributed by atoms with Crippen LogP contribution in [0.3, 0.4) is 0 Å². The van der Waals surface area contributed by atoms with Gasteiger partial charge in [0.2, 0.25) is 5.91 Å². The van der Waals surface area contributed by atoms with Crippen LogP contribution >= 0.6 is 0 Å². The molecule has 17 unspecified atom stereocenters. The van der Waals surface area contributed by atoms with Crippen molar-refractivity contribution in [2.45, 2.75) is 234 Å². The maximum absolute atomic E-state index is 13.1. The lowest BCUT2D eigenvalue weighted by molar-refractivity contribution is -0.379. The molecule has 17 atom stereocenters. The molecule has 0 aliphatic carbocycles. The van der Waals surface area contributed by atoms with Crippen LogP contribution in [-0.2, 0) is 33.2 Å². The number of nitrogens with one attached hydrogen (secondary N) is 1. The Balaban J connectivity index is 1.60. The first kappa shape index (κ1) is 55.9. The topological polar surface area (TPSA) is 307 Å². The van der Waals surface area contributed by atoms with Gasteiger partial charge in [-0.25, -0.2) is 0 Å². The number of carbonyl (C=O) groups is 1. The zero-order valence-corrected chi connectivity index (χ0v) is 37.3. The quantitative estimate of drug-likeness (QED) is 0.0320. The Morgan fingerprint density at radius 3 is 1.49 bits per heavy atom. The lowest BCUT2D eigenvalue weighted by Gasteiger charge is -2.48. The summed E-state index contributed by atoms with van der Waals surface area (Å²) in [6.45, 7) is 1.60. The molecule has 19 nitrogen and oxygen atoms in total. The summed E-state index contributed by atoms with van der Waals surface area (Å²) in [5, 5.41) is 119. The van der Waals surface area contributed by atoms with Gasteiger partial charge in [-0.1, -0.05) is 116 Å². The van der Waals surface area contributed by atoms with Gasteiger partial charge < -0.3 is 89.9 Å². The average molecular weight is 912 g/mol. The number of rotatable bonds is 31. The van der Waals surface area contributed by atoms with Crippen molar-refractivity contribution >= 4 is 5.91 Å². The van der Waals surface area contributed by atoms with Crippen molar-refractivity contribution < 1.29 is 89.4 Å². The number of aliphatic hydroxyl groups is 11. The Labute approximate surface area is 372 Å². The van der Waals surface area contributed by atoms with Crippen LogP contribution in [0.4, 0.5) is 0 Å². The van der Waals surface area contributed by atoms with E-state index in [4.69, 9.17) is 28.4 Å². The number of unbranched alkanes of at least 4 members (excludes halogenated alkanes) is 15. The molecular formula is C44H81NO18. The van der Waals surface area contributed by atoms with E-state index < -0.39 is 124 Å². The van der Waals surface area contributed by atoms with Crippen molar-refractivity contribution in [1.82, 2.24) is 5.32 Å². The second-order valence-corrected chi connectivity index (χ2v) is 17.2. The summed E-state index contributed by atoms with van der Waals surface area (Å²) >= 11 is 0. The van der Waals surface area contributed by atoms with E-state index in [-0.39, 0.29) is 18.9 Å². The first-order valence-electron chi connectivity index (χ1n) is 23.4. The Morgan fingerprint density at radius 1 is 0.556 bits per heavy atom. The highest BCUT2D eigenvalue weighted by atomic mass is 16.8. The molecule has 3 aliphatic rings. The molecule has 0 aromatic heterocycles. The van der Waals surface area contributed by atoms with Crippen LogP contribution < -0.4 is 5.32 Å². The van der Waals surface area contributed by atoms with Crippen molar-refractivity contribution in [3.63, 3.8) is 0 Å². The smallest absolute Gasteiger partial charge is 0.220 e. The highest BCUT2D eigenvalue weighted by Crippen LogP contribution is 2.33. The third-order valence-corrected chi connectivity index (χ3v) is 12.1. The lowest BCUT2D eigenvalue weighted by atomic mass is 9.96. The van der Waals surface area contributed by atoms with Crippen molar-refractivity contribution in [1.29, 1.82) is 0 Å². The van der Waals surface area contributed by atoms with Gasteiger partial charge in [0.15, 0.2) is 18.9 Å². The summed E-state index contributed by atoms with van der Waals surface area (Å²) in [6, 6.07) is -0.961. The van der Waals surface area contributed by atoms with E-state index in [1.54, 1.807) is 6.08 Å². The molecule has 0 aromatic carbocycles. The fourth-order valence-corrected chi connectivity index (χ4v) is 8.07. The standard InChI is InChI=1S/C44H81NO18/c1-3-5-7-9-11-13-15-17-19-21-28(49)27(45-32(50)22-20-18-16-14-12-10-8-6-4-2)26-58-42-38(56)35(53)40(30(24-47)60-42)63-44-39(57)36(54)41(31(25-48)61-44)62-43-37(55)34(52)33(51)29(23-46)59-43/h19,21,27-31,33-44,46-49,51-57H,3-18,20,22-26H2,1-2H3,(H,45,50)/b21-19+. The normalized spacial score (nSPS) is 34.9. The second kappa shape index (κ2) is 30.7. The molecule has 3 heterocycles. The molecule has 19 heteroatoms. The van der Waals surface area contributed by atoms with Crippen LogP contribution in [0, 0.1) is 0 Å². The minimum Gasteiger partial charge on any atom is -0.394 e. The number of ether oxygens (including phenoxy) is 6. The SMILES string of the molecule is CCCCCCCCC/C=C/C(O)C(COC1OC(CO)C(OC2OC(CO)C(OC3OC(CO)C(O)C(O)C3O)C(O)C2O)C(O)C1O)NC(=O)CCCCCCCCCCC. The van der Waals surface area contributed by atoms with Gasteiger partial charge in [0.05, 0.1) is 38.6 Å². The zero-order valence-electron chi connectivity index (χ0n) is 37.3. The minimum absolute atomic E-state index is 0.245. The maximum atomic E-state index is 13.1. The van der Waals surface area contributed by atoms with E-state index in [1.807, 2.05) is 6.08 Å². The first-order valence-corrected chi connectivity index (χ1v) is 23.4. The van der Waals surface area contributed by atoms with Crippen molar-refractivity contribution in [3.8, 4) is 0 Å². The fourth-order valence-electron chi connectivity index (χ4n) is 8.07. The predicted molar refractivity (Wildman–Crippen MR) is 227 cm³/mol. The van der Waals surface area contributed by atoms with E-state index in [1.165, 1.54) is 57.8 Å². The molecule has 1 amide bonds. The van der Waals surface area contributed by atoms with Crippen LogP contribution in [0.2, 0.25) is 0 Å². The Hall–Kier alpha value is -1.47. The Morgan fingerprint density at radius 2 is 0.984 bits per heavy atom. The summed E-state index contributed by atoms with van der Waals surface area (Å²) in [5.74, 6) is -0.284. The van der Waals surface area contributed by atoms with Crippen molar-refractivity contribution in [3.05, 3.63) is 12.2 Å². The van der Waals surface area contributed by atoms with Gasteiger partial charge in [0, 0.05) is 6.42 Å². The summed E-state index contributed by atoms with van der Waals surface area (Å²) < 4.78 is 33.9. The molecule has 3 saturated heterocycles. The van der Waals surface area contributed by atoms with Crippen LogP contribution in [0.25, 0.3) is 0 Å². The zero-order chi connectivity index (χ0) is 46.3. The molecule has 12 N–H and O–H groups in total. The highest BCUT2D eigenvalue weighted by molar-refractivity contribution is 5.76. The van der Waals surface area contributed by atoms with Crippen molar-refractivity contribution in [2.24, 2.45) is 0 Å². The molecule has 3 rings (SSSR count). The number of carbonyl (C=O) groups excluding carboxylic acids is 1. The minimum atomic E-state index is -1.97. The molecule has 0 aromatic rings. The van der Waals surface area contributed by atoms with E-state index in [0.29, 0.717) is 6.42 Å². The molecule has 63 heavy (non-hydrogen) atoms. The van der Waals surface area contributed by atoms with Gasteiger partial charge in [-0.15, -0.1) is 0 Å². The highest BCUT2D eigenvalue weighted by Gasteiger charge is 2.53. The Kier molecular flexibility index (Phi) is 27.3. The van der Waals surface area contributed by atoms with Gasteiger partial charge in [-0.3, -0.25) is 4.79 Å². The van der Waals surface area contributed by atoms with Gasteiger partial charge in [-0.05, 0) is 19.3 Å². The van der Waals surface area contributed by atoms with E-state index in [0.717, 1.165) is 44.9 Å². The largest absolute Gasteiger partial charge is 0.394 e. The van der Waals surface area contributed by atoms with E-state index >= 15 is 0 Å². The molecule has 0 saturated carbocycles. The molecule has 0 spiro atoms. The average Bonchev–Trinajstić information content (AvgIpc) is 3.28. The Bertz CT molecular complexity index is 1230. The number of allylic oxidation sites excluding steroid dienone is 1. The fraction of sp³-hybridized carbons (Fsp3) is 0.932. The third kappa shape index (κ3) is 17.9. The summed E-state index contributed by atoms with van der Waals surface area (Å²) in [6.07, 6.45) is -4.54. The molecule has 0 radical (unpaired) electrons. The number of hydrogen-bond donors (Lipinski definition) is 12. The van der Waals surface area contributed by atoms with Gasteiger partial charge in [0.25, 0.3) is 0 Å². The summed E-state index contributed by atoms with van der Waals surface area (Å²) in [5.41, 5.74) is 0. The lowest BCUT2D eigenvalue weighted by Crippen LogP contribution is -2.66. The van der Waals surface area contributed by atoms with Crippen LogP contribution in [0.1, 0.15) is 129 Å². The summed E-state index contributed by atoms with van der Waals surface area (Å²) in [7, 11) is 0. The number of aliphatic hydroxyl groups excluding tert-OH is 11. The van der Waals surface area contributed by atoms with Crippen molar-refractivity contribution in [2.75, 3.05) is 26.4 Å². The molecular weight excluding hydrogens is 830 g/mol. The van der Waals surface area contributed by atoms with Gasteiger partial charge in [-0.2, -0.15) is 0 Å². The monoisotopic (exact) mass is 912 g/mol. The molecule has 370 valence electrons. The molecule has 3 fully saturated rings. The van der Waals surface area contributed by atoms with E-state index in [9.17, 15) is 61.0 Å². The predicted octanol–water partition coefficient (Wildman–Crippen LogP) is -0.0852. The second-order valence-electron chi connectivity index (χ2n) is 17.2.